The molecule has 2 N–H and O–H groups in total. The molecule has 0 amide bonds. The molecule has 0 spiro atoms. The van der Waals surface area contributed by atoms with Gasteiger partial charge in [-0.25, -0.2) is 4.98 Å². The molecule has 19 heavy (non-hydrogen) atoms. The van der Waals surface area contributed by atoms with Crippen LogP contribution in [0.25, 0.3) is 0 Å². The first-order chi connectivity index (χ1) is 9.12. The second-order valence-corrected chi connectivity index (χ2v) is 5.16. The van der Waals surface area contributed by atoms with Crippen LogP contribution in [-0.2, 0) is 0 Å². The van der Waals surface area contributed by atoms with E-state index in [9.17, 15) is 0 Å². The molecule has 1 aromatic rings. The fourth-order valence-electron chi connectivity index (χ4n) is 2.24. The van der Waals surface area contributed by atoms with E-state index in [4.69, 9.17) is 0 Å². The van der Waals surface area contributed by atoms with Gasteiger partial charge in [0.1, 0.15) is 5.82 Å². The van der Waals surface area contributed by atoms with Crippen molar-refractivity contribution in [3.63, 3.8) is 0 Å². The molecule has 1 aromatic heterocycles. The van der Waals surface area contributed by atoms with Gasteiger partial charge in [0.2, 0.25) is 5.95 Å². The van der Waals surface area contributed by atoms with Gasteiger partial charge in [-0.1, -0.05) is 33.6 Å². The van der Waals surface area contributed by atoms with E-state index in [1.165, 1.54) is 12.8 Å². The highest BCUT2D eigenvalue weighted by Crippen LogP contribution is 2.19. The third-order valence-electron chi connectivity index (χ3n) is 3.63. The topological polar surface area (TPSA) is 49.8 Å². The number of hydrogen-bond acceptors (Lipinski definition) is 4. The van der Waals surface area contributed by atoms with Crippen molar-refractivity contribution in [1.29, 1.82) is 0 Å². The predicted molar refractivity (Wildman–Crippen MR) is 82.7 cm³/mol. The first kappa shape index (κ1) is 15.7. The van der Waals surface area contributed by atoms with E-state index in [0.29, 0.717) is 17.9 Å². The van der Waals surface area contributed by atoms with Gasteiger partial charge < -0.3 is 10.6 Å². The highest BCUT2D eigenvalue weighted by molar-refractivity contribution is 5.47. The van der Waals surface area contributed by atoms with E-state index in [-0.39, 0.29) is 0 Å². The van der Waals surface area contributed by atoms with Gasteiger partial charge in [0.25, 0.3) is 0 Å². The van der Waals surface area contributed by atoms with Crippen molar-refractivity contribution in [1.82, 2.24) is 9.97 Å². The first-order valence-electron chi connectivity index (χ1n) is 7.46. The number of aryl methyl sites for hydroxylation is 1. The molecule has 4 nitrogen and oxygen atoms in total. The van der Waals surface area contributed by atoms with Gasteiger partial charge in [0, 0.05) is 24.3 Å². The Bertz CT molecular complexity index is 374. The lowest BCUT2D eigenvalue weighted by atomic mass is 9.95. The van der Waals surface area contributed by atoms with E-state index in [2.05, 4.69) is 48.3 Å². The Morgan fingerprint density at radius 3 is 2.47 bits per heavy atom. The fraction of sp³-hybridized carbons (Fsp3) is 0.733. The third kappa shape index (κ3) is 4.69. The molecule has 0 radical (unpaired) electrons. The van der Waals surface area contributed by atoms with Crippen LogP contribution in [0.5, 0.6) is 0 Å². The van der Waals surface area contributed by atoms with E-state index in [1.54, 1.807) is 0 Å². The average Bonchev–Trinajstić information content (AvgIpc) is 2.41. The van der Waals surface area contributed by atoms with Crippen LogP contribution in [0.15, 0.2) is 6.20 Å². The molecule has 4 heteroatoms. The largest absolute Gasteiger partial charge is 0.367 e. The molecule has 0 aliphatic heterocycles. The molecule has 108 valence electrons. The monoisotopic (exact) mass is 264 g/mol. The van der Waals surface area contributed by atoms with Gasteiger partial charge in [0.15, 0.2) is 0 Å². The molecule has 0 aliphatic carbocycles. The van der Waals surface area contributed by atoms with Crippen LogP contribution in [0.3, 0.4) is 0 Å². The zero-order valence-electron chi connectivity index (χ0n) is 13.0. The Kier molecular flexibility index (Phi) is 6.60. The van der Waals surface area contributed by atoms with Gasteiger partial charge in [-0.2, -0.15) is 4.98 Å². The molecule has 0 fully saturated rings. The molecule has 1 heterocycles. The molecule has 1 unspecified atom stereocenters. The lowest BCUT2D eigenvalue weighted by Gasteiger charge is -2.24. The Morgan fingerprint density at radius 2 is 1.89 bits per heavy atom. The Morgan fingerprint density at radius 1 is 1.21 bits per heavy atom. The summed E-state index contributed by atoms with van der Waals surface area (Å²) < 4.78 is 0. The summed E-state index contributed by atoms with van der Waals surface area (Å²) in [6.45, 7) is 11.8. The van der Waals surface area contributed by atoms with Crippen LogP contribution in [-0.4, -0.2) is 22.6 Å². The van der Waals surface area contributed by atoms with E-state index >= 15 is 0 Å². The molecule has 0 saturated heterocycles. The second-order valence-electron chi connectivity index (χ2n) is 5.16. The van der Waals surface area contributed by atoms with Crippen LogP contribution in [0.2, 0.25) is 0 Å². The van der Waals surface area contributed by atoms with Gasteiger partial charge in [-0.05, 0) is 26.2 Å². The Balaban J connectivity index is 2.75. The minimum atomic E-state index is 0.433. The maximum Gasteiger partial charge on any atom is 0.224 e. The molecule has 0 aromatic carbocycles. The number of nitrogens with zero attached hydrogens (tertiary/aromatic N) is 2. The normalized spacial score (nSPS) is 12.5. The second kappa shape index (κ2) is 7.97. The SMILES string of the molecule is CCCNc1ncc(C)c(NC(C)C(CC)CC)n1. The van der Waals surface area contributed by atoms with Gasteiger partial charge in [-0.3, -0.25) is 0 Å². The van der Waals surface area contributed by atoms with Crippen molar-refractivity contribution >= 4 is 11.8 Å². The summed E-state index contributed by atoms with van der Waals surface area (Å²) >= 11 is 0. The number of aromatic nitrogens is 2. The molecule has 0 saturated carbocycles. The van der Waals surface area contributed by atoms with Crippen molar-refractivity contribution in [2.75, 3.05) is 17.2 Å². The number of anilines is 2. The van der Waals surface area contributed by atoms with Crippen molar-refractivity contribution < 1.29 is 0 Å². The summed E-state index contributed by atoms with van der Waals surface area (Å²) in [6, 6.07) is 0.433. The van der Waals surface area contributed by atoms with Crippen molar-refractivity contribution in [3.05, 3.63) is 11.8 Å². The lowest BCUT2D eigenvalue weighted by Crippen LogP contribution is -2.26. The quantitative estimate of drug-likeness (QED) is 0.749. The Hall–Kier alpha value is -1.32. The van der Waals surface area contributed by atoms with Crippen LogP contribution in [0.4, 0.5) is 11.8 Å². The zero-order chi connectivity index (χ0) is 14.3. The van der Waals surface area contributed by atoms with Crippen LogP contribution in [0, 0.1) is 12.8 Å². The van der Waals surface area contributed by atoms with Crippen molar-refractivity contribution in [3.8, 4) is 0 Å². The van der Waals surface area contributed by atoms with Gasteiger partial charge >= 0.3 is 0 Å². The minimum Gasteiger partial charge on any atom is -0.367 e. The van der Waals surface area contributed by atoms with Crippen LogP contribution >= 0.6 is 0 Å². The van der Waals surface area contributed by atoms with Crippen LogP contribution in [0.1, 0.15) is 52.5 Å². The molecule has 0 aliphatic rings. The molecular weight excluding hydrogens is 236 g/mol. The van der Waals surface area contributed by atoms with E-state index in [1.807, 2.05) is 13.1 Å². The number of nitrogens with one attached hydrogen (secondary N) is 2. The van der Waals surface area contributed by atoms with E-state index in [0.717, 1.165) is 24.3 Å². The third-order valence-corrected chi connectivity index (χ3v) is 3.63. The maximum atomic E-state index is 4.57. The number of hydrogen-bond donors (Lipinski definition) is 2. The van der Waals surface area contributed by atoms with Crippen molar-refractivity contribution in [2.45, 2.75) is 59.9 Å². The summed E-state index contributed by atoms with van der Waals surface area (Å²) in [4.78, 5) is 8.87. The summed E-state index contributed by atoms with van der Waals surface area (Å²) in [5.41, 5.74) is 1.10. The summed E-state index contributed by atoms with van der Waals surface area (Å²) in [5, 5.41) is 6.77. The lowest BCUT2D eigenvalue weighted by molar-refractivity contribution is 0.437. The minimum absolute atomic E-state index is 0.433. The van der Waals surface area contributed by atoms with Crippen molar-refractivity contribution in [2.24, 2.45) is 5.92 Å². The maximum absolute atomic E-state index is 4.57. The predicted octanol–water partition coefficient (Wildman–Crippen LogP) is 3.84. The summed E-state index contributed by atoms with van der Waals surface area (Å²) in [7, 11) is 0. The van der Waals surface area contributed by atoms with Gasteiger partial charge in [-0.15, -0.1) is 0 Å². The highest BCUT2D eigenvalue weighted by Gasteiger charge is 2.15. The molecule has 0 bridgehead atoms. The number of rotatable bonds is 8. The standard InChI is InChI=1S/C15H28N4/c1-6-9-16-15-17-10-11(4)14(19-15)18-12(5)13(7-2)8-3/h10,12-13H,6-9H2,1-5H3,(H2,16,17,18,19). The smallest absolute Gasteiger partial charge is 0.224 e. The van der Waals surface area contributed by atoms with E-state index < -0.39 is 0 Å². The molecule has 1 rings (SSSR count). The van der Waals surface area contributed by atoms with Crippen LogP contribution < -0.4 is 10.6 Å². The summed E-state index contributed by atoms with van der Waals surface area (Å²) in [5.74, 6) is 2.35. The molecule has 1 atom stereocenters. The highest BCUT2D eigenvalue weighted by atomic mass is 15.1. The summed E-state index contributed by atoms with van der Waals surface area (Å²) in [6.07, 6.45) is 5.34. The average molecular weight is 264 g/mol. The molecular formula is C15H28N4. The fourth-order valence-corrected chi connectivity index (χ4v) is 2.24. The first-order valence-corrected chi connectivity index (χ1v) is 7.46. The van der Waals surface area contributed by atoms with Gasteiger partial charge in [0.05, 0.1) is 0 Å². The zero-order valence-corrected chi connectivity index (χ0v) is 13.0. The Labute approximate surface area is 117 Å².